The molecule has 1 aliphatic rings. The second-order valence-corrected chi connectivity index (χ2v) is 7.12. The van der Waals surface area contributed by atoms with Crippen LogP contribution in [-0.4, -0.2) is 34.1 Å². The Labute approximate surface area is 149 Å². The van der Waals surface area contributed by atoms with Crippen LogP contribution in [0, 0.1) is 6.92 Å². The maximum Gasteiger partial charge on any atom is 0.328 e. The van der Waals surface area contributed by atoms with Gasteiger partial charge in [0, 0.05) is 13.0 Å². The van der Waals surface area contributed by atoms with Crippen molar-refractivity contribution in [2.24, 2.45) is 0 Å². The quantitative estimate of drug-likeness (QED) is 0.837. The van der Waals surface area contributed by atoms with E-state index < -0.39 is 12.0 Å². The van der Waals surface area contributed by atoms with E-state index in [2.05, 4.69) is 10.3 Å². The molecule has 25 heavy (non-hydrogen) atoms. The second-order valence-electron chi connectivity index (χ2n) is 6.13. The molecule has 0 aromatic carbocycles. The van der Waals surface area contributed by atoms with E-state index in [-0.39, 0.29) is 18.1 Å². The van der Waals surface area contributed by atoms with E-state index in [0.29, 0.717) is 27.2 Å². The predicted molar refractivity (Wildman–Crippen MR) is 95.1 cm³/mol. The van der Waals surface area contributed by atoms with Gasteiger partial charge in [0.25, 0.3) is 11.5 Å². The molecule has 3 heterocycles. The molecule has 0 bridgehead atoms. The van der Waals surface area contributed by atoms with Crippen LogP contribution in [0.2, 0.25) is 0 Å². The summed E-state index contributed by atoms with van der Waals surface area (Å²) in [5.74, 6) is -0.0800. The number of aromatic nitrogens is 2. The highest BCUT2D eigenvalue weighted by Crippen LogP contribution is 2.28. The normalized spacial score (nSPS) is 14.8. The molecule has 2 aromatic heterocycles. The summed E-state index contributed by atoms with van der Waals surface area (Å²) in [6, 6.07) is -0.751. The van der Waals surface area contributed by atoms with Gasteiger partial charge < -0.3 is 10.1 Å². The topological polar surface area (TPSA) is 90.3 Å². The summed E-state index contributed by atoms with van der Waals surface area (Å²) < 4.78 is 6.62. The fourth-order valence-corrected chi connectivity index (χ4v) is 4.13. The van der Waals surface area contributed by atoms with E-state index in [1.165, 1.54) is 11.3 Å². The van der Waals surface area contributed by atoms with Gasteiger partial charge in [0.05, 0.1) is 16.9 Å². The van der Waals surface area contributed by atoms with Crippen molar-refractivity contribution in [1.29, 1.82) is 0 Å². The summed E-state index contributed by atoms with van der Waals surface area (Å²) in [5, 5.41) is 3.14. The number of rotatable bonds is 4. The predicted octanol–water partition coefficient (Wildman–Crippen LogP) is 1.78. The molecule has 3 rings (SSSR count). The van der Waals surface area contributed by atoms with Gasteiger partial charge in [0.2, 0.25) is 0 Å². The maximum atomic E-state index is 12.8. The zero-order valence-electron chi connectivity index (χ0n) is 14.5. The monoisotopic (exact) mass is 363 g/mol. The lowest BCUT2D eigenvalue weighted by atomic mass is 10.1. The lowest BCUT2D eigenvalue weighted by molar-refractivity contribution is -0.144. The highest BCUT2D eigenvalue weighted by atomic mass is 32.1. The summed E-state index contributed by atoms with van der Waals surface area (Å²) in [5.41, 5.74) is 0.540. The number of nitrogens with zero attached hydrogens (tertiary/aromatic N) is 2. The average Bonchev–Trinajstić information content (AvgIpc) is 2.92. The van der Waals surface area contributed by atoms with Gasteiger partial charge in [-0.25, -0.2) is 9.78 Å². The van der Waals surface area contributed by atoms with Crippen LogP contribution in [0.25, 0.3) is 10.2 Å². The standard InChI is InChI=1S/C17H21N3O4S/c1-4-24-17(23)10(3)18-14(21)13-9(2)12-15(25-13)19-11-7-5-6-8-20(11)16(12)22/h10H,4-8H2,1-3H3,(H,18,21)/t10-/m1/s1. The van der Waals surface area contributed by atoms with Crippen LogP contribution in [0.4, 0.5) is 0 Å². The van der Waals surface area contributed by atoms with E-state index in [1.54, 1.807) is 25.3 Å². The molecule has 0 aliphatic carbocycles. The first-order valence-electron chi connectivity index (χ1n) is 8.44. The highest BCUT2D eigenvalue weighted by Gasteiger charge is 2.24. The number of esters is 1. The molecule has 134 valence electrons. The number of thiophene rings is 1. The van der Waals surface area contributed by atoms with Crippen LogP contribution in [-0.2, 0) is 22.5 Å². The lowest BCUT2D eigenvalue weighted by Gasteiger charge is -2.16. The molecule has 0 saturated carbocycles. The Morgan fingerprint density at radius 2 is 2.16 bits per heavy atom. The maximum absolute atomic E-state index is 12.8. The Bertz CT molecular complexity index is 899. The van der Waals surface area contributed by atoms with E-state index in [4.69, 9.17) is 4.74 Å². The number of nitrogens with one attached hydrogen (secondary N) is 1. The van der Waals surface area contributed by atoms with Crippen LogP contribution in [0.3, 0.4) is 0 Å². The van der Waals surface area contributed by atoms with E-state index >= 15 is 0 Å². The minimum atomic E-state index is -0.751. The van der Waals surface area contributed by atoms with Crippen molar-refractivity contribution < 1.29 is 14.3 Å². The van der Waals surface area contributed by atoms with E-state index in [9.17, 15) is 14.4 Å². The Hall–Kier alpha value is -2.22. The van der Waals surface area contributed by atoms with E-state index in [1.807, 2.05) is 0 Å². The van der Waals surface area contributed by atoms with E-state index in [0.717, 1.165) is 25.1 Å². The van der Waals surface area contributed by atoms with Crippen molar-refractivity contribution in [3.63, 3.8) is 0 Å². The molecular formula is C17H21N3O4S. The van der Waals surface area contributed by atoms with Crippen LogP contribution in [0.5, 0.6) is 0 Å². The fraction of sp³-hybridized carbons (Fsp3) is 0.529. The molecule has 0 spiro atoms. The van der Waals surface area contributed by atoms with Crippen molar-refractivity contribution in [3.05, 3.63) is 26.6 Å². The molecule has 1 N–H and O–H groups in total. The average molecular weight is 363 g/mol. The molecule has 0 radical (unpaired) electrons. The molecule has 7 nitrogen and oxygen atoms in total. The first-order chi connectivity index (χ1) is 11.9. The Morgan fingerprint density at radius 3 is 2.88 bits per heavy atom. The number of aryl methyl sites for hydroxylation is 2. The van der Waals surface area contributed by atoms with Gasteiger partial charge in [-0.3, -0.25) is 14.2 Å². The second kappa shape index (κ2) is 6.95. The number of fused-ring (bicyclic) bond motifs is 2. The lowest BCUT2D eigenvalue weighted by Crippen LogP contribution is -2.39. The molecular weight excluding hydrogens is 342 g/mol. The largest absolute Gasteiger partial charge is 0.464 e. The third kappa shape index (κ3) is 3.18. The van der Waals surface area contributed by atoms with Gasteiger partial charge in [0.15, 0.2) is 0 Å². The number of ether oxygens (including phenoxy) is 1. The van der Waals surface area contributed by atoms with Crippen molar-refractivity contribution in [3.8, 4) is 0 Å². The summed E-state index contributed by atoms with van der Waals surface area (Å²) in [6.07, 6.45) is 2.77. The number of hydrogen-bond donors (Lipinski definition) is 1. The molecule has 0 fully saturated rings. The summed E-state index contributed by atoms with van der Waals surface area (Å²) >= 11 is 1.20. The smallest absolute Gasteiger partial charge is 0.328 e. The molecule has 1 atom stereocenters. The van der Waals surface area contributed by atoms with Crippen LogP contribution in [0.15, 0.2) is 4.79 Å². The molecule has 0 unspecified atom stereocenters. The molecule has 2 aromatic rings. The number of carbonyl (C=O) groups is 2. The summed E-state index contributed by atoms with van der Waals surface area (Å²) in [6.45, 7) is 5.97. The zero-order valence-corrected chi connectivity index (χ0v) is 15.4. The fourth-order valence-electron chi connectivity index (χ4n) is 3.04. The van der Waals surface area contributed by atoms with Gasteiger partial charge in [-0.1, -0.05) is 0 Å². The minimum Gasteiger partial charge on any atom is -0.464 e. The van der Waals surface area contributed by atoms with Crippen LogP contribution < -0.4 is 10.9 Å². The first kappa shape index (κ1) is 17.6. The zero-order chi connectivity index (χ0) is 18.1. The molecule has 1 aliphatic heterocycles. The van der Waals surface area contributed by atoms with Crippen molar-refractivity contribution in [2.45, 2.75) is 52.6 Å². The Morgan fingerprint density at radius 1 is 1.40 bits per heavy atom. The van der Waals surface area contributed by atoms with Crippen LogP contribution in [0.1, 0.15) is 47.7 Å². The van der Waals surface area contributed by atoms with Crippen LogP contribution >= 0.6 is 11.3 Å². The number of amides is 1. The van der Waals surface area contributed by atoms with Gasteiger partial charge in [-0.05, 0) is 39.2 Å². The SMILES string of the molecule is CCOC(=O)[C@@H](C)NC(=O)c1sc2nc3n(c(=O)c2c1C)CCCC3. The third-order valence-corrected chi connectivity index (χ3v) is 5.54. The summed E-state index contributed by atoms with van der Waals surface area (Å²) in [7, 11) is 0. The number of hydrogen-bond acceptors (Lipinski definition) is 6. The highest BCUT2D eigenvalue weighted by molar-refractivity contribution is 7.20. The number of carbonyl (C=O) groups excluding carboxylic acids is 2. The summed E-state index contributed by atoms with van der Waals surface area (Å²) in [4.78, 5) is 42.6. The molecule has 1 amide bonds. The third-order valence-electron chi connectivity index (χ3n) is 4.36. The molecule has 8 heteroatoms. The first-order valence-corrected chi connectivity index (χ1v) is 9.26. The van der Waals surface area contributed by atoms with Crippen molar-refractivity contribution in [2.75, 3.05) is 6.61 Å². The Kier molecular flexibility index (Phi) is 4.89. The van der Waals surface area contributed by atoms with Gasteiger partial charge in [-0.2, -0.15) is 0 Å². The van der Waals surface area contributed by atoms with Gasteiger partial charge in [-0.15, -0.1) is 11.3 Å². The van der Waals surface area contributed by atoms with Gasteiger partial charge in [0.1, 0.15) is 16.7 Å². The minimum absolute atomic E-state index is 0.0778. The van der Waals surface area contributed by atoms with Crippen molar-refractivity contribution in [1.82, 2.24) is 14.9 Å². The van der Waals surface area contributed by atoms with Crippen molar-refractivity contribution >= 4 is 33.4 Å². The van der Waals surface area contributed by atoms with Gasteiger partial charge >= 0.3 is 5.97 Å². The Balaban J connectivity index is 1.96. The molecule has 0 saturated heterocycles.